The van der Waals surface area contributed by atoms with E-state index in [0.29, 0.717) is 0 Å². The van der Waals surface area contributed by atoms with Crippen molar-refractivity contribution in [1.29, 1.82) is 0 Å². The van der Waals surface area contributed by atoms with Gasteiger partial charge >= 0.3 is 0 Å². The number of sulfonamides is 1. The second-order valence-corrected chi connectivity index (χ2v) is 5.08. The molecule has 5 heteroatoms. The van der Waals surface area contributed by atoms with Crippen LogP contribution in [-0.4, -0.2) is 18.9 Å². The maximum Gasteiger partial charge on any atom is 0.255 e. The van der Waals surface area contributed by atoms with Crippen LogP contribution in [0, 0.1) is 0 Å². The molecule has 0 radical (unpaired) electrons. The number of benzene rings is 1. The summed E-state index contributed by atoms with van der Waals surface area (Å²) < 4.78 is 24.4. The molecule has 0 heterocycles. The van der Waals surface area contributed by atoms with Crippen molar-refractivity contribution >= 4 is 10.0 Å². The second-order valence-electron chi connectivity index (χ2n) is 3.24. The quantitative estimate of drug-likeness (QED) is 0.602. The standard InChI is InChI=1S/C9H14N2O2S/c1-8(2)11(10)14(12,13)9-6-4-3-5-7-9/h3-8H,10H2,1-2H3. The Kier molecular flexibility index (Phi) is 3.25. The van der Waals surface area contributed by atoms with Crippen LogP contribution in [0.5, 0.6) is 0 Å². The van der Waals surface area contributed by atoms with Crippen molar-refractivity contribution in [2.75, 3.05) is 0 Å². The van der Waals surface area contributed by atoms with Gasteiger partial charge in [-0.05, 0) is 26.0 Å². The van der Waals surface area contributed by atoms with Gasteiger partial charge in [0.25, 0.3) is 10.0 Å². The lowest BCUT2D eigenvalue weighted by molar-refractivity contribution is 0.366. The van der Waals surface area contributed by atoms with Crippen molar-refractivity contribution in [3.63, 3.8) is 0 Å². The first-order chi connectivity index (χ1) is 6.46. The molecule has 0 aliphatic carbocycles. The van der Waals surface area contributed by atoms with Crippen LogP contribution in [-0.2, 0) is 10.0 Å². The number of nitrogens with zero attached hydrogens (tertiary/aromatic N) is 1. The SMILES string of the molecule is CC(C)N(N)S(=O)(=O)c1ccccc1. The molecular formula is C9H14N2O2S. The Labute approximate surface area is 84.4 Å². The minimum Gasteiger partial charge on any atom is -0.254 e. The van der Waals surface area contributed by atoms with Gasteiger partial charge in [-0.15, -0.1) is 4.41 Å². The topological polar surface area (TPSA) is 63.4 Å². The fourth-order valence-electron chi connectivity index (χ4n) is 0.992. The first kappa shape index (κ1) is 11.2. The summed E-state index contributed by atoms with van der Waals surface area (Å²) in [6.07, 6.45) is 0. The van der Waals surface area contributed by atoms with Crippen LogP contribution in [0.3, 0.4) is 0 Å². The molecule has 0 atom stereocenters. The van der Waals surface area contributed by atoms with Gasteiger partial charge < -0.3 is 0 Å². The molecule has 0 aromatic heterocycles. The fraction of sp³-hybridized carbons (Fsp3) is 0.333. The lowest BCUT2D eigenvalue weighted by Crippen LogP contribution is -2.42. The average Bonchev–Trinajstić information content (AvgIpc) is 2.18. The van der Waals surface area contributed by atoms with E-state index in [1.54, 1.807) is 32.0 Å². The molecule has 0 spiro atoms. The first-order valence-electron chi connectivity index (χ1n) is 4.30. The predicted molar refractivity (Wildman–Crippen MR) is 54.8 cm³/mol. The molecule has 0 fully saturated rings. The van der Waals surface area contributed by atoms with E-state index >= 15 is 0 Å². The van der Waals surface area contributed by atoms with Gasteiger partial charge in [0, 0.05) is 6.04 Å². The van der Waals surface area contributed by atoms with Crippen LogP contribution in [0.2, 0.25) is 0 Å². The van der Waals surface area contributed by atoms with Crippen molar-refractivity contribution in [3.05, 3.63) is 30.3 Å². The summed E-state index contributed by atoms with van der Waals surface area (Å²) >= 11 is 0. The van der Waals surface area contributed by atoms with Crippen molar-refractivity contribution in [2.45, 2.75) is 24.8 Å². The van der Waals surface area contributed by atoms with Crippen LogP contribution in [0.25, 0.3) is 0 Å². The van der Waals surface area contributed by atoms with Gasteiger partial charge in [-0.1, -0.05) is 18.2 Å². The highest BCUT2D eigenvalue weighted by Gasteiger charge is 2.23. The Morgan fingerprint density at radius 2 is 1.71 bits per heavy atom. The van der Waals surface area contributed by atoms with Crippen molar-refractivity contribution < 1.29 is 8.42 Å². The van der Waals surface area contributed by atoms with E-state index in [4.69, 9.17) is 5.84 Å². The Balaban J connectivity index is 3.10. The first-order valence-corrected chi connectivity index (χ1v) is 5.74. The molecule has 4 nitrogen and oxygen atoms in total. The third-order valence-corrected chi connectivity index (χ3v) is 3.67. The molecule has 0 saturated carbocycles. The number of hydrogen-bond acceptors (Lipinski definition) is 3. The summed E-state index contributed by atoms with van der Waals surface area (Å²) in [6.45, 7) is 3.45. The Morgan fingerprint density at radius 1 is 1.21 bits per heavy atom. The largest absolute Gasteiger partial charge is 0.255 e. The van der Waals surface area contributed by atoms with E-state index < -0.39 is 10.0 Å². The minimum absolute atomic E-state index is 0.219. The van der Waals surface area contributed by atoms with Crippen molar-refractivity contribution in [3.8, 4) is 0 Å². The van der Waals surface area contributed by atoms with Crippen LogP contribution in [0.4, 0.5) is 0 Å². The van der Waals surface area contributed by atoms with Gasteiger partial charge in [0.2, 0.25) is 0 Å². The highest BCUT2D eigenvalue weighted by Crippen LogP contribution is 2.13. The zero-order valence-corrected chi connectivity index (χ0v) is 9.03. The Bertz CT molecular complexity index is 387. The Hall–Kier alpha value is -0.910. The zero-order valence-electron chi connectivity index (χ0n) is 8.21. The minimum atomic E-state index is -3.53. The van der Waals surface area contributed by atoms with Crippen molar-refractivity contribution in [2.24, 2.45) is 5.84 Å². The van der Waals surface area contributed by atoms with Gasteiger partial charge in [0.15, 0.2) is 0 Å². The number of hydrazine groups is 1. The maximum atomic E-state index is 11.8. The van der Waals surface area contributed by atoms with E-state index in [1.807, 2.05) is 0 Å². The summed E-state index contributed by atoms with van der Waals surface area (Å²) in [5, 5.41) is 0. The summed E-state index contributed by atoms with van der Waals surface area (Å²) in [7, 11) is -3.53. The van der Waals surface area contributed by atoms with Crippen molar-refractivity contribution in [1.82, 2.24) is 4.41 Å². The van der Waals surface area contributed by atoms with Crippen LogP contribution >= 0.6 is 0 Å². The Morgan fingerprint density at radius 3 is 2.14 bits per heavy atom. The normalized spacial score (nSPS) is 12.4. The molecule has 0 aliphatic rings. The van der Waals surface area contributed by atoms with Gasteiger partial charge in [-0.2, -0.15) is 0 Å². The summed E-state index contributed by atoms with van der Waals surface area (Å²) in [6, 6.07) is 7.90. The van der Waals surface area contributed by atoms with E-state index in [2.05, 4.69) is 0 Å². The van der Waals surface area contributed by atoms with E-state index in [0.717, 1.165) is 4.41 Å². The lowest BCUT2D eigenvalue weighted by atomic mass is 10.4. The van der Waals surface area contributed by atoms with Gasteiger partial charge in [0.1, 0.15) is 0 Å². The predicted octanol–water partition coefficient (Wildman–Crippen LogP) is 0.959. The summed E-state index contributed by atoms with van der Waals surface area (Å²) in [4.78, 5) is 0.219. The molecule has 0 saturated heterocycles. The van der Waals surface area contributed by atoms with E-state index in [-0.39, 0.29) is 10.9 Å². The number of hydrogen-bond donors (Lipinski definition) is 1. The monoisotopic (exact) mass is 214 g/mol. The molecule has 2 N–H and O–H groups in total. The van der Waals surface area contributed by atoms with E-state index in [1.165, 1.54) is 12.1 Å². The van der Waals surface area contributed by atoms with Gasteiger partial charge in [0.05, 0.1) is 4.90 Å². The van der Waals surface area contributed by atoms with Crippen LogP contribution < -0.4 is 5.84 Å². The summed E-state index contributed by atoms with van der Waals surface area (Å²) in [5.41, 5.74) is 0. The molecule has 1 rings (SSSR count). The number of nitrogens with two attached hydrogens (primary N) is 1. The van der Waals surface area contributed by atoms with Gasteiger partial charge in [-0.25, -0.2) is 8.42 Å². The maximum absolute atomic E-state index is 11.8. The van der Waals surface area contributed by atoms with E-state index in [9.17, 15) is 8.42 Å². The molecule has 1 aromatic rings. The van der Waals surface area contributed by atoms with Gasteiger partial charge in [-0.3, -0.25) is 5.84 Å². The molecule has 78 valence electrons. The highest BCUT2D eigenvalue weighted by atomic mass is 32.2. The second kappa shape index (κ2) is 4.08. The highest BCUT2D eigenvalue weighted by molar-refractivity contribution is 7.89. The molecule has 0 unspecified atom stereocenters. The lowest BCUT2D eigenvalue weighted by Gasteiger charge is -2.20. The molecule has 14 heavy (non-hydrogen) atoms. The molecule has 0 bridgehead atoms. The van der Waals surface area contributed by atoms with Crippen LogP contribution in [0.15, 0.2) is 35.2 Å². The smallest absolute Gasteiger partial charge is 0.254 e. The molecule has 0 amide bonds. The fourth-order valence-corrected chi connectivity index (χ4v) is 2.29. The molecule has 1 aromatic carbocycles. The third kappa shape index (κ3) is 2.12. The number of rotatable bonds is 3. The average molecular weight is 214 g/mol. The zero-order chi connectivity index (χ0) is 10.8. The molecule has 0 aliphatic heterocycles. The summed E-state index contributed by atoms with van der Waals surface area (Å²) in [5.74, 6) is 5.47. The third-order valence-electron chi connectivity index (χ3n) is 1.83. The van der Waals surface area contributed by atoms with Crippen LogP contribution in [0.1, 0.15) is 13.8 Å². The molecular weight excluding hydrogens is 200 g/mol.